The lowest BCUT2D eigenvalue weighted by molar-refractivity contribution is -0.135. The van der Waals surface area contributed by atoms with Gasteiger partial charge in [0.1, 0.15) is 5.75 Å². The third kappa shape index (κ3) is 3.67. The summed E-state index contributed by atoms with van der Waals surface area (Å²) < 4.78 is 5.42. The van der Waals surface area contributed by atoms with Crippen molar-refractivity contribution in [1.29, 1.82) is 0 Å². The molecule has 1 aliphatic carbocycles. The van der Waals surface area contributed by atoms with Crippen LogP contribution >= 0.6 is 0 Å². The molecule has 3 rings (SSSR count). The first-order valence-electron chi connectivity index (χ1n) is 8.33. The van der Waals surface area contributed by atoms with E-state index in [1.165, 1.54) is 19.3 Å². The van der Waals surface area contributed by atoms with E-state index in [1.807, 2.05) is 12.1 Å². The van der Waals surface area contributed by atoms with E-state index in [1.54, 1.807) is 17.0 Å². The van der Waals surface area contributed by atoms with Crippen molar-refractivity contribution in [3.63, 3.8) is 0 Å². The van der Waals surface area contributed by atoms with Gasteiger partial charge in [-0.1, -0.05) is 19.3 Å². The third-order valence-corrected chi connectivity index (χ3v) is 4.63. The minimum Gasteiger partial charge on any atom is -0.427 e. The Balaban J connectivity index is 1.54. The molecule has 0 bridgehead atoms. The van der Waals surface area contributed by atoms with Crippen molar-refractivity contribution >= 4 is 17.6 Å². The lowest BCUT2D eigenvalue weighted by Crippen LogP contribution is -2.23. The van der Waals surface area contributed by atoms with Crippen LogP contribution in [0.25, 0.3) is 0 Å². The minimum atomic E-state index is -0.142. The predicted molar refractivity (Wildman–Crippen MR) is 84.9 cm³/mol. The van der Waals surface area contributed by atoms with Crippen LogP contribution in [0.15, 0.2) is 24.3 Å². The lowest BCUT2D eigenvalue weighted by Gasteiger charge is -2.20. The second kappa shape index (κ2) is 6.95. The van der Waals surface area contributed by atoms with Crippen LogP contribution in [-0.4, -0.2) is 18.4 Å². The maximum Gasteiger partial charge on any atom is 0.311 e. The van der Waals surface area contributed by atoms with Crippen LogP contribution in [0.1, 0.15) is 51.4 Å². The maximum absolute atomic E-state index is 12.0. The number of carbonyl (C=O) groups excluding carboxylic acids is 2. The summed E-state index contributed by atoms with van der Waals surface area (Å²) in [5.41, 5.74) is 0.884. The van der Waals surface area contributed by atoms with Crippen molar-refractivity contribution in [2.75, 3.05) is 11.4 Å². The van der Waals surface area contributed by atoms with E-state index < -0.39 is 0 Å². The van der Waals surface area contributed by atoms with E-state index in [2.05, 4.69) is 0 Å². The molecule has 0 spiro atoms. The van der Waals surface area contributed by atoms with Crippen molar-refractivity contribution in [2.24, 2.45) is 5.92 Å². The Kier molecular flexibility index (Phi) is 4.76. The zero-order chi connectivity index (χ0) is 15.4. The first-order chi connectivity index (χ1) is 10.7. The van der Waals surface area contributed by atoms with Crippen molar-refractivity contribution in [2.45, 2.75) is 51.4 Å². The molecule has 1 amide bonds. The van der Waals surface area contributed by atoms with Crippen LogP contribution in [0.5, 0.6) is 5.75 Å². The molecular formula is C18H23NO3. The van der Waals surface area contributed by atoms with E-state index in [4.69, 9.17) is 4.74 Å². The minimum absolute atomic E-state index is 0.142. The van der Waals surface area contributed by atoms with Crippen LogP contribution in [0.3, 0.4) is 0 Å². The highest BCUT2D eigenvalue weighted by Gasteiger charge is 2.22. The standard InChI is InChI=1S/C18H23NO3/c20-17-7-4-12-19(17)15-8-10-16(11-9-15)22-18(21)13-14-5-2-1-3-6-14/h8-11,14H,1-7,12-13H2. The predicted octanol–water partition coefficient (Wildman–Crippen LogP) is 3.69. The second-order valence-electron chi connectivity index (χ2n) is 6.33. The van der Waals surface area contributed by atoms with E-state index in [-0.39, 0.29) is 11.9 Å². The quantitative estimate of drug-likeness (QED) is 0.629. The van der Waals surface area contributed by atoms with Crippen LogP contribution in [0.4, 0.5) is 5.69 Å². The Morgan fingerprint density at radius 1 is 1.09 bits per heavy atom. The van der Waals surface area contributed by atoms with Gasteiger partial charge >= 0.3 is 5.97 Å². The molecule has 1 heterocycles. The average Bonchev–Trinajstić information content (AvgIpc) is 2.95. The number of hydrogen-bond acceptors (Lipinski definition) is 3. The summed E-state index contributed by atoms with van der Waals surface area (Å²) in [4.78, 5) is 25.5. The molecule has 1 aliphatic heterocycles. The summed E-state index contributed by atoms with van der Waals surface area (Å²) in [5, 5.41) is 0. The Labute approximate surface area is 131 Å². The molecule has 1 saturated carbocycles. The molecule has 2 aliphatic rings. The Morgan fingerprint density at radius 2 is 1.82 bits per heavy atom. The summed E-state index contributed by atoms with van der Waals surface area (Å²) in [6, 6.07) is 7.26. The molecule has 4 nitrogen and oxygen atoms in total. The Bertz CT molecular complexity index is 532. The van der Waals surface area contributed by atoms with E-state index in [0.29, 0.717) is 24.5 Å². The van der Waals surface area contributed by atoms with Crippen LogP contribution in [0.2, 0.25) is 0 Å². The number of amides is 1. The van der Waals surface area contributed by atoms with Crippen LogP contribution < -0.4 is 9.64 Å². The fourth-order valence-corrected chi connectivity index (χ4v) is 3.42. The molecule has 2 fully saturated rings. The molecule has 0 radical (unpaired) electrons. The van der Waals surface area contributed by atoms with Gasteiger partial charge in [0.25, 0.3) is 0 Å². The largest absolute Gasteiger partial charge is 0.427 e. The van der Waals surface area contributed by atoms with E-state index >= 15 is 0 Å². The topological polar surface area (TPSA) is 46.6 Å². The molecule has 4 heteroatoms. The second-order valence-corrected chi connectivity index (χ2v) is 6.33. The highest BCUT2D eigenvalue weighted by atomic mass is 16.5. The van der Waals surface area contributed by atoms with Gasteiger partial charge in [0.2, 0.25) is 5.91 Å². The van der Waals surface area contributed by atoms with Gasteiger partial charge in [-0.15, -0.1) is 0 Å². The molecule has 1 saturated heterocycles. The zero-order valence-corrected chi connectivity index (χ0v) is 12.9. The normalized spacial score (nSPS) is 19.5. The maximum atomic E-state index is 12.0. The molecule has 1 aromatic rings. The summed E-state index contributed by atoms with van der Waals surface area (Å²) in [6.45, 7) is 0.777. The number of carbonyl (C=O) groups is 2. The van der Waals surface area contributed by atoms with Gasteiger partial charge in [-0.25, -0.2) is 0 Å². The number of hydrogen-bond donors (Lipinski definition) is 0. The molecule has 1 aromatic carbocycles. The molecule has 118 valence electrons. The first-order valence-corrected chi connectivity index (χ1v) is 8.33. The number of benzene rings is 1. The van der Waals surface area contributed by atoms with E-state index in [9.17, 15) is 9.59 Å². The molecular weight excluding hydrogens is 278 g/mol. The number of esters is 1. The van der Waals surface area contributed by atoms with Gasteiger partial charge in [-0.05, 0) is 49.4 Å². The Hall–Kier alpha value is -1.84. The number of nitrogens with zero attached hydrogens (tertiary/aromatic N) is 1. The van der Waals surface area contributed by atoms with Crippen molar-refractivity contribution in [3.05, 3.63) is 24.3 Å². The molecule has 0 N–H and O–H groups in total. The highest BCUT2D eigenvalue weighted by molar-refractivity contribution is 5.95. The molecule has 22 heavy (non-hydrogen) atoms. The van der Waals surface area contributed by atoms with Crippen molar-refractivity contribution in [1.82, 2.24) is 0 Å². The fraction of sp³-hybridized carbons (Fsp3) is 0.556. The molecule has 0 aromatic heterocycles. The van der Waals surface area contributed by atoms with Gasteiger partial charge in [-0.2, -0.15) is 0 Å². The van der Waals surface area contributed by atoms with Gasteiger partial charge in [-0.3, -0.25) is 9.59 Å². The molecule has 0 atom stereocenters. The SMILES string of the molecule is O=C(CC1CCCCC1)Oc1ccc(N2CCCC2=O)cc1. The number of rotatable bonds is 4. The van der Waals surface area contributed by atoms with Gasteiger partial charge < -0.3 is 9.64 Å². The summed E-state index contributed by atoms with van der Waals surface area (Å²) in [5.74, 6) is 1.08. The first kappa shape index (κ1) is 15.1. The zero-order valence-electron chi connectivity index (χ0n) is 12.9. The lowest BCUT2D eigenvalue weighted by atomic mass is 9.87. The number of anilines is 1. The smallest absolute Gasteiger partial charge is 0.311 e. The van der Waals surface area contributed by atoms with Crippen molar-refractivity contribution in [3.8, 4) is 5.75 Å². The summed E-state index contributed by atoms with van der Waals surface area (Å²) >= 11 is 0. The van der Waals surface area contributed by atoms with Crippen molar-refractivity contribution < 1.29 is 14.3 Å². The highest BCUT2D eigenvalue weighted by Crippen LogP contribution is 2.28. The fourth-order valence-electron chi connectivity index (χ4n) is 3.42. The third-order valence-electron chi connectivity index (χ3n) is 4.63. The van der Waals surface area contributed by atoms with Gasteiger partial charge in [0, 0.05) is 25.1 Å². The Morgan fingerprint density at radius 3 is 2.45 bits per heavy atom. The summed E-state index contributed by atoms with van der Waals surface area (Å²) in [7, 11) is 0. The van der Waals surface area contributed by atoms with Gasteiger partial charge in [0.05, 0.1) is 0 Å². The average molecular weight is 301 g/mol. The summed E-state index contributed by atoms with van der Waals surface area (Å²) in [6.07, 6.45) is 8.10. The van der Waals surface area contributed by atoms with E-state index in [0.717, 1.165) is 31.5 Å². The van der Waals surface area contributed by atoms with Crippen LogP contribution in [-0.2, 0) is 9.59 Å². The van der Waals surface area contributed by atoms with Gasteiger partial charge in [0.15, 0.2) is 0 Å². The molecule has 0 unspecified atom stereocenters. The monoisotopic (exact) mass is 301 g/mol. The number of ether oxygens (including phenoxy) is 1. The van der Waals surface area contributed by atoms with Crippen LogP contribution in [0, 0.1) is 5.92 Å².